The number of amides is 1. The molecule has 1 aliphatic heterocycles. The van der Waals surface area contributed by atoms with Gasteiger partial charge >= 0.3 is 0 Å². The summed E-state index contributed by atoms with van der Waals surface area (Å²) in [6.45, 7) is 7.35. The van der Waals surface area contributed by atoms with Crippen LogP contribution in [0.3, 0.4) is 0 Å². The van der Waals surface area contributed by atoms with E-state index in [1.54, 1.807) is 11.3 Å². The van der Waals surface area contributed by atoms with Crippen molar-refractivity contribution < 1.29 is 4.79 Å². The average molecular weight is 383 g/mol. The standard InChI is InChI=1S/C15H26N4OS.2ClH/c1-11(15-18-12(2)10-21-15)8-17-14(20)9-19(3)13-4-6-16-7-5-13;;/h10-11,13,16H,4-9H2,1-3H3,(H,17,20);2*1H. The summed E-state index contributed by atoms with van der Waals surface area (Å²) < 4.78 is 0. The van der Waals surface area contributed by atoms with E-state index in [2.05, 4.69) is 32.8 Å². The summed E-state index contributed by atoms with van der Waals surface area (Å²) in [5, 5.41) is 9.53. The zero-order chi connectivity index (χ0) is 15.2. The minimum absolute atomic E-state index is 0. The fraction of sp³-hybridized carbons (Fsp3) is 0.733. The molecule has 1 aromatic rings. The SMILES string of the molecule is Cc1csc(C(C)CNC(=O)CN(C)C2CCNCC2)n1.Cl.Cl. The number of nitrogens with zero attached hydrogens (tertiary/aromatic N) is 2. The summed E-state index contributed by atoms with van der Waals surface area (Å²) in [6.07, 6.45) is 2.25. The van der Waals surface area contributed by atoms with Gasteiger partial charge in [-0.2, -0.15) is 0 Å². The number of aromatic nitrogens is 1. The van der Waals surface area contributed by atoms with Crippen molar-refractivity contribution in [1.29, 1.82) is 0 Å². The highest BCUT2D eigenvalue weighted by Crippen LogP contribution is 2.18. The van der Waals surface area contributed by atoms with Crippen molar-refractivity contribution in [2.45, 2.75) is 38.6 Å². The van der Waals surface area contributed by atoms with E-state index < -0.39 is 0 Å². The molecule has 2 N–H and O–H groups in total. The number of halogens is 2. The van der Waals surface area contributed by atoms with Gasteiger partial charge in [0.05, 0.1) is 11.6 Å². The highest BCUT2D eigenvalue weighted by Gasteiger charge is 2.20. The van der Waals surface area contributed by atoms with E-state index in [4.69, 9.17) is 0 Å². The van der Waals surface area contributed by atoms with Gasteiger partial charge in [-0.3, -0.25) is 9.69 Å². The number of thiazole rings is 1. The first-order chi connectivity index (χ1) is 10.1. The largest absolute Gasteiger partial charge is 0.354 e. The normalized spacial score (nSPS) is 16.3. The molecule has 8 heteroatoms. The number of carbonyl (C=O) groups excluding carboxylic acids is 1. The van der Waals surface area contributed by atoms with Crippen LogP contribution in [-0.4, -0.2) is 55.1 Å². The lowest BCUT2D eigenvalue weighted by molar-refractivity contribution is -0.122. The van der Waals surface area contributed by atoms with Gasteiger partial charge in [0, 0.05) is 29.6 Å². The maximum absolute atomic E-state index is 12.1. The van der Waals surface area contributed by atoms with Crippen LogP contribution in [0.5, 0.6) is 0 Å². The molecule has 134 valence electrons. The minimum atomic E-state index is 0. The van der Waals surface area contributed by atoms with Gasteiger partial charge in [0.2, 0.25) is 5.91 Å². The number of carbonyl (C=O) groups is 1. The molecule has 1 unspecified atom stereocenters. The monoisotopic (exact) mass is 382 g/mol. The number of nitrogens with one attached hydrogen (secondary N) is 2. The first-order valence-electron chi connectivity index (χ1n) is 7.66. The van der Waals surface area contributed by atoms with Gasteiger partial charge in [-0.25, -0.2) is 4.98 Å². The first-order valence-corrected chi connectivity index (χ1v) is 8.54. The molecule has 0 aromatic carbocycles. The zero-order valence-corrected chi connectivity index (χ0v) is 16.5. The molecule has 1 amide bonds. The molecule has 23 heavy (non-hydrogen) atoms. The Kier molecular flexibility index (Phi) is 11.0. The fourth-order valence-corrected chi connectivity index (χ4v) is 3.47. The Bertz CT molecular complexity index is 466. The third-order valence-corrected chi connectivity index (χ3v) is 5.18. The van der Waals surface area contributed by atoms with Crippen LogP contribution in [0.15, 0.2) is 5.38 Å². The Morgan fingerprint density at radius 3 is 2.70 bits per heavy atom. The molecule has 0 radical (unpaired) electrons. The van der Waals surface area contributed by atoms with Crippen LogP contribution in [0, 0.1) is 6.92 Å². The van der Waals surface area contributed by atoms with Crippen LogP contribution >= 0.6 is 36.2 Å². The van der Waals surface area contributed by atoms with Crippen molar-refractivity contribution >= 4 is 42.1 Å². The minimum Gasteiger partial charge on any atom is -0.354 e. The molecule has 2 heterocycles. The maximum Gasteiger partial charge on any atom is 0.234 e. The van der Waals surface area contributed by atoms with Gasteiger partial charge < -0.3 is 10.6 Å². The lowest BCUT2D eigenvalue weighted by atomic mass is 10.1. The van der Waals surface area contributed by atoms with E-state index >= 15 is 0 Å². The molecular formula is C15H28Cl2N4OS. The van der Waals surface area contributed by atoms with Crippen molar-refractivity contribution in [1.82, 2.24) is 20.5 Å². The topological polar surface area (TPSA) is 57.3 Å². The van der Waals surface area contributed by atoms with E-state index in [0.29, 0.717) is 19.1 Å². The van der Waals surface area contributed by atoms with Crippen LogP contribution in [-0.2, 0) is 4.79 Å². The van der Waals surface area contributed by atoms with Crippen molar-refractivity contribution in [2.24, 2.45) is 0 Å². The van der Waals surface area contributed by atoms with Crippen molar-refractivity contribution in [3.63, 3.8) is 0 Å². The summed E-state index contributed by atoms with van der Waals surface area (Å²) in [7, 11) is 2.04. The predicted molar refractivity (Wildman–Crippen MR) is 101 cm³/mol. The van der Waals surface area contributed by atoms with Crippen LogP contribution in [0.25, 0.3) is 0 Å². The predicted octanol–water partition coefficient (Wildman–Crippen LogP) is 2.20. The molecule has 2 rings (SSSR count). The number of aryl methyl sites for hydroxylation is 1. The number of likely N-dealkylation sites (N-methyl/N-ethyl adjacent to an activating group) is 1. The third-order valence-electron chi connectivity index (χ3n) is 3.99. The summed E-state index contributed by atoms with van der Waals surface area (Å²) >= 11 is 1.67. The van der Waals surface area contributed by atoms with Crippen LogP contribution in [0.2, 0.25) is 0 Å². The smallest absolute Gasteiger partial charge is 0.234 e. The molecule has 0 spiro atoms. The Morgan fingerprint density at radius 1 is 1.48 bits per heavy atom. The average Bonchev–Trinajstić information content (AvgIpc) is 2.92. The van der Waals surface area contributed by atoms with E-state index in [-0.39, 0.29) is 36.6 Å². The number of hydrogen-bond donors (Lipinski definition) is 2. The summed E-state index contributed by atoms with van der Waals surface area (Å²) in [4.78, 5) is 18.7. The lowest BCUT2D eigenvalue weighted by Gasteiger charge is -2.31. The van der Waals surface area contributed by atoms with Crippen molar-refractivity contribution in [3.8, 4) is 0 Å². The lowest BCUT2D eigenvalue weighted by Crippen LogP contribution is -2.45. The third kappa shape index (κ3) is 7.35. The van der Waals surface area contributed by atoms with Gasteiger partial charge in [0.1, 0.15) is 0 Å². The Labute approximate surface area is 155 Å². The number of rotatable bonds is 6. The van der Waals surface area contributed by atoms with E-state index in [1.807, 2.05) is 14.0 Å². The van der Waals surface area contributed by atoms with Crippen LogP contribution in [0.1, 0.15) is 36.4 Å². The highest BCUT2D eigenvalue weighted by atomic mass is 35.5. The summed E-state index contributed by atoms with van der Waals surface area (Å²) in [5.74, 6) is 0.382. The Hall–Kier alpha value is -0.400. The van der Waals surface area contributed by atoms with Gasteiger partial charge in [-0.1, -0.05) is 6.92 Å². The second kappa shape index (κ2) is 11.2. The van der Waals surface area contributed by atoms with Crippen molar-refractivity contribution in [2.75, 3.05) is 33.2 Å². The van der Waals surface area contributed by atoms with Gasteiger partial charge in [0.15, 0.2) is 0 Å². The molecule has 5 nitrogen and oxygen atoms in total. The van der Waals surface area contributed by atoms with E-state index in [9.17, 15) is 4.79 Å². The molecule has 1 saturated heterocycles. The molecule has 0 aliphatic carbocycles. The first kappa shape index (κ1) is 22.6. The van der Waals surface area contributed by atoms with Gasteiger partial charge in [-0.05, 0) is 39.9 Å². The zero-order valence-electron chi connectivity index (χ0n) is 14.0. The van der Waals surface area contributed by atoms with E-state index in [1.165, 1.54) is 0 Å². The highest BCUT2D eigenvalue weighted by molar-refractivity contribution is 7.09. The Balaban J connectivity index is 0.00000242. The number of hydrogen-bond acceptors (Lipinski definition) is 5. The quantitative estimate of drug-likeness (QED) is 0.791. The van der Waals surface area contributed by atoms with E-state index in [0.717, 1.165) is 36.6 Å². The molecule has 1 fully saturated rings. The fourth-order valence-electron chi connectivity index (χ4n) is 2.61. The van der Waals surface area contributed by atoms with Crippen LogP contribution < -0.4 is 10.6 Å². The summed E-state index contributed by atoms with van der Waals surface area (Å²) in [6, 6.07) is 0.524. The molecule has 0 saturated carbocycles. The second-order valence-electron chi connectivity index (χ2n) is 5.93. The maximum atomic E-state index is 12.1. The van der Waals surface area contributed by atoms with Crippen molar-refractivity contribution in [3.05, 3.63) is 16.1 Å². The number of piperidine rings is 1. The van der Waals surface area contributed by atoms with Crippen LogP contribution in [0.4, 0.5) is 0 Å². The molecule has 0 bridgehead atoms. The summed E-state index contributed by atoms with van der Waals surface area (Å²) in [5.41, 5.74) is 1.05. The molecular weight excluding hydrogens is 355 g/mol. The molecule has 1 atom stereocenters. The second-order valence-corrected chi connectivity index (χ2v) is 6.82. The molecule has 1 aromatic heterocycles. The Morgan fingerprint density at radius 2 is 2.13 bits per heavy atom. The van der Waals surface area contributed by atoms with Gasteiger partial charge in [0.25, 0.3) is 0 Å². The van der Waals surface area contributed by atoms with Gasteiger partial charge in [-0.15, -0.1) is 36.2 Å². The molecule has 1 aliphatic rings.